The Bertz CT molecular complexity index is 457. The minimum Gasteiger partial charge on any atom is -0.399 e. The van der Waals surface area contributed by atoms with Gasteiger partial charge in [0.15, 0.2) is 0 Å². The molecular formula is C14H19N3. The number of nitrogens with zero attached hydrogens (tertiary/aromatic N) is 1. The third-order valence-electron chi connectivity index (χ3n) is 2.89. The molecule has 0 amide bonds. The molecule has 0 aliphatic rings. The summed E-state index contributed by atoms with van der Waals surface area (Å²) >= 11 is 0. The molecule has 2 rings (SSSR count). The van der Waals surface area contributed by atoms with Crippen LogP contribution >= 0.6 is 0 Å². The zero-order chi connectivity index (χ0) is 12.1. The van der Waals surface area contributed by atoms with Gasteiger partial charge in [-0.15, -0.1) is 0 Å². The Labute approximate surface area is 102 Å². The van der Waals surface area contributed by atoms with Gasteiger partial charge in [-0.05, 0) is 31.0 Å². The van der Waals surface area contributed by atoms with E-state index >= 15 is 0 Å². The molecule has 0 fully saturated rings. The van der Waals surface area contributed by atoms with E-state index in [1.165, 1.54) is 25.0 Å². The highest BCUT2D eigenvalue weighted by molar-refractivity contribution is 5.61. The Kier molecular flexibility index (Phi) is 3.81. The number of hydrogen-bond donors (Lipinski definition) is 2. The predicted molar refractivity (Wildman–Crippen MR) is 71.7 cm³/mol. The van der Waals surface area contributed by atoms with Crippen molar-refractivity contribution >= 4 is 5.69 Å². The summed E-state index contributed by atoms with van der Waals surface area (Å²) in [5.41, 5.74) is 9.77. The molecule has 0 aliphatic carbocycles. The lowest BCUT2D eigenvalue weighted by atomic mass is 10.1. The summed E-state index contributed by atoms with van der Waals surface area (Å²) in [6.45, 7) is 2.22. The maximum Gasteiger partial charge on any atom is 0.0923 e. The standard InChI is InChI=1S/C14H19N3/c1-2-3-4-5-13-10-14(17-16-13)11-6-8-12(15)9-7-11/h6-10H,2-5,15H2,1H3,(H,16,17). The van der Waals surface area contributed by atoms with E-state index in [2.05, 4.69) is 23.2 Å². The zero-order valence-corrected chi connectivity index (χ0v) is 10.2. The maximum absolute atomic E-state index is 5.66. The monoisotopic (exact) mass is 229 g/mol. The summed E-state index contributed by atoms with van der Waals surface area (Å²) in [5.74, 6) is 0. The highest BCUT2D eigenvalue weighted by atomic mass is 15.1. The van der Waals surface area contributed by atoms with Crippen LogP contribution in [0.4, 0.5) is 5.69 Å². The van der Waals surface area contributed by atoms with Crippen LogP contribution in [0.25, 0.3) is 11.3 Å². The molecule has 0 bridgehead atoms. The molecule has 0 radical (unpaired) electrons. The molecule has 0 aliphatic heterocycles. The van der Waals surface area contributed by atoms with E-state index in [1.54, 1.807) is 0 Å². The molecule has 3 N–H and O–H groups in total. The van der Waals surface area contributed by atoms with Gasteiger partial charge in [0, 0.05) is 16.9 Å². The molecule has 1 aromatic heterocycles. The van der Waals surface area contributed by atoms with Crippen molar-refractivity contribution in [1.29, 1.82) is 0 Å². The van der Waals surface area contributed by atoms with E-state index in [1.807, 2.05) is 24.3 Å². The molecule has 3 nitrogen and oxygen atoms in total. The molecule has 3 heteroatoms. The molecule has 1 aromatic carbocycles. The number of unbranched alkanes of at least 4 members (excludes halogenated alkanes) is 2. The summed E-state index contributed by atoms with van der Waals surface area (Å²) in [5, 5.41) is 7.43. The van der Waals surface area contributed by atoms with Crippen LogP contribution in [0.2, 0.25) is 0 Å². The first kappa shape index (κ1) is 11.7. The number of hydrogen-bond acceptors (Lipinski definition) is 2. The van der Waals surface area contributed by atoms with Crippen molar-refractivity contribution < 1.29 is 0 Å². The second-order valence-corrected chi connectivity index (χ2v) is 4.36. The van der Waals surface area contributed by atoms with Gasteiger partial charge in [0.05, 0.1) is 5.69 Å². The van der Waals surface area contributed by atoms with E-state index in [0.29, 0.717) is 0 Å². The number of nitrogens with one attached hydrogen (secondary N) is 1. The summed E-state index contributed by atoms with van der Waals surface area (Å²) in [6, 6.07) is 9.94. The number of aromatic amines is 1. The van der Waals surface area contributed by atoms with Crippen molar-refractivity contribution in [2.45, 2.75) is 32.6 Å². The van der Waals surface area contributed by atoms with E-state index in [-0.39, 0.29) is 0 Å². The zero-order valence-electron chi connectivity index (χ0n) is 10.2. The molecule has 17 heavy (non-hydrogen) atoms. The average molecular weight is 229 g/mol. The largest absolute Gasteiger partial charge is 0.399 e. The maximum atomic E-state index is 5.66. The fourth-order valence-electron chi connectivity index (χ4n) is 1.86. The summed E-state index contributed by atoms with van der Waals surface area (Å²) in [7, 11) is 0. The van der Waals surface area contributed by atoms with E-state index in [4.69, 9.17) is 5.73 Å². The van der Waals surface area contributed by atoms with Gasteiger partial charge in [0.25, 0.3) is 0 Å². The lowest BCUT2D eigenvalue weighted by Gasteiger charge is -1.96. The minimum atomic E-state index is 0.785. The molecule has 0 saturated carbocycles. The first-order valence-corrected chi connectivity index (χ1v) is 6.20. The molecule has 0 spiro atoms. The fourth-order valence-corrected chi connectivity index (χ4v) is 1.86. The first-order chi connectivity index (χ1) is 8.29. The van der Waals surface area contributed by atoms with Crippen LogP contribution in [0, 0.1) is 0 Å². The number of nitrogen functional groups attached to an aromatic ring is 1. The van der Waals surface area contributed by atoms with Crippen LogP contribution in [-0.4, -0.2) is 10.2 Å². The van der Waals surface area contributed by atoms with Crippen LogP contribution in [-0.2, 0) is 6.42 Å². The van der Waals surface area contributed by atoms with E-state index in [0.717, 1.165) is 23.4 Å². The third kappa shape index (κ3) is 3.09. The van der Waals surface area contributed by atoms with Crippen LogP contribution in [0.5, 0.6) is 0 Å². The van der Waals surface area contributed by atoms with Gasteiger partial charge in [-0.1, -0.05) is 31.9 Å². The van der Waals surface area contributed by atoms with Gasteiger partial charge in [-0.3, -0.25) is 5.10 Å². The summed E-state index contributed by atoms with van der Waals surface area (Å²) in [4.78, 5) is 0. The molecule has 2 aromatic rings. The van der Waals surface area contributed by atoms with Crippen molar-refractivity contribution in [3.05, 3.63) is 36.0 Å². The van der Waals surface area contributed by atoms with Gasteiger partial charge < -0.3 is 5.73 Å². The fraction of sp³-hybridized carbons (Fsp3) is 0.357. The topological polar surface area (TPSA) is 54.7 Å². The van der Waals surface area contributed by atoms with E-state index in [9.17, 15) is 0 Å². The van der Waals surface area contributed by atoms with E-state index < -0.39 is 0 Å². The van der Waals surface area contributed by atoms with Crippen molar-refractivity contribution in [2.75, 3.05) is 5.73 Å². The number of anilines is 1. The van der Waals surface area contributed by atoms with Crippen molar-refractivity contribution in [3.63, 3.8) is 0 Å². The molecule has 90 valence electrons. The SMILES string of the molecule is CCCCCc1cc(-c2ccc(N)cc2)n[nH]1. The number of H-pyrrole nitrogens is 1. The van der Waals surface area contributed by atoms with Crippen molar-refractivity contribution in [3.8, 4) is 11.3 Å². The quantitative estimate of drug-likeness (QED) is 0.610. The Balaban J connectivity index is 2.04. The number of benzene rings is 1. The van der Waals surface area contributed by atoms with Crippen molar-refractivity contribution in [1.82, 2.24) is 10.2 Å². The Morgan fingerprint density at radius 3 is 2.65 bits per heavy atom. The van der Waals surface area contributed by atoms with Gasteiger partial charge in [0.1, 0.15) is 0 Å². The lowest BCUT2D eigenvalue weighted by Crippen LogP contribution is -1.84. The molecule has 1 heterocycles. The van der Waals surface area contributed by atoms with Gasteiger partial charge in [-0.25, -0.2) is 0 Å². The average Bonchev–Trinajstić information content (AvgIpc) is 2.79. The molecule has 0 atom stereocenters. The first-order valence-electron chi connectivity index (χ1n) is 6.20. The second kappa shape index (κ2) is 5.53. The number of aromatic nitrogens is 2. The van der Waals surface area contributed by atoms with Crippen LogP contribution < -0.4 is 5.73 Å². The van der Waals surface area contributed by atoms with Crippen LogP contribution in [0.15, 0.2) is 30.3 Å². The smallest absolute Gasteiger partial charge is 0.0923 e. The lowest BCUT2D eigenvalue weighted by molar-refractivity contribution is 0.705. The third-order valence-corrected chi connectivity index (χ3v) is 2.89. The normalized spacial score (nSPS) is 10.6. The Morgan fingerprint density at radius 1 is 1.18 bits per heavy atom. The second-order valence-electron chi connectivity index (χ2n) is 4.36. The summed E-state index contributed by atoms with van der Waals surface area (Å²) < 4.78 is 0. The van der Waals surface area contributed by atoms with Gasteiger partial charge in [0.2, 0.25) is 0 Å². The Hall–Kier alpha value is -1.77. The van der Waals surface area contributed by atoms with Crippen molar-refractivity contribution in [2.24, 2.45) is 0 Å². The van der Waals surface area contributed by atoms with Crippen LogP contribution in [0.1, 0.15) is 31.9 Å². The number of aryl methyl sites for hydroxylation is 1. The molecular weight excluding hydrogens is 210 g/mol. The van der Waals surface area contributed by atoms with Gasteiger partial charge >= 0.3 is 0 Å². The molecule has 0 saturated heterocycles. The van der Waals surface area contributed by atoms with Crippen LogP contribution in [0.3, 0.4) is 0 Å². The predicted octanol–water partition coefficient (Wildman–Crippen LogP) is 3.39. The highest BCUT2D eigenvalue weighted by Gasteiger charge is 2.03. The molecule has 0 unspecified atom stereocenters. The van der Waals surface area contributed by atoms with Gasteiger partial charge in [-0.2, -0.15) is 5.10 Å². The Morgan fingerprint density at radius 2 is 1.94 bits per heavy atom. The highest BCUT2D eigenvalue weighted by Crippen LogP contribution is 2.19. The summed E-state index contributed by atoms with van der Waals surface area (Å²) in [6.07, 6.45) is 4.82. The minimum absolute atomic E-state index is 0.785. The number of nitrogens with two attached hydrogens (primary N) is 1. The number of rotatable bonds is 5.